The Kier molecular flexibility index (Phi) is 7.27. The second-order valence-corrected chi connectivity index (χ2v) is 7.34. The number of hydrogen-bond acceptors (Lipinski definition) is 4. The van der Waals surface area contributed by atoms with Crippen molar-refractivity contribution in [2.24, 2.45) is 0 Å². The van der Waals surface area contributed by atoms with Crippen molar-refractivity contribution in [3.05, 3.63) is 34.7 Å². The third-order valence-corrected chi connectivity index (χ3v) is 5.58. The molecule has 4 nitrogen and oxygen atoms in total. The summed E-state index contributed by atoms with van der Waals surface area (Å²) >= 11 is 6.77. The minimum Gasteiger partial charge on any atom is -0.497 e. The van der Waals surface area contributed by atoms with Crippen molar-refractivity contribution in [2.45, 2.75) is 20.3 Å². The number of carbonyl (C=O) groups excluding carboxylic acids is 1. The molecule has 0 saturated carbocycles. The number of thiocarbonyl (C=S) groups is 1. The Hall–Kier alpha value is -1.37. The topological polar surface area (TPSA) is 34.0 Å². The molecule has 2 rings (SSSR count). The lowest BCUT2D eigenvalue weighted by molar-refractivity contribution is -0.896. The molecule has 1 aliphatic heterocycles. The van der Waals surface area contributed by atoms with E-state index in [9.17, 15) is 4.79 Å². The smallest absolute Gasteiger partial charge is 0.266 e. The third-order valence-electron chi connectivity index (χ3n) is 4.20. The summed E-state index contributed by atoms with van der Waals surface area (Å²) in [4.78, 5) is 16.6. The molecular weight excluding hydrogens is 340 g/mol. The van der Waals surface area contributed by atoms with E-state index in [0.717, 1.165) is 37.4 Å². The summed E-state index contributed by atoms with van der Waals surface area (Å²) in [6.45, 7) is 8.39. The van der Waals surface area contributed by atoms with Gasteiger partial charge in [0.25, 0.3) is 5.91 Å². The average Bonchev–Trinajstić information content (AvgIpc) is 2.86. The van der Waals surface area contributed by atoms with Crippen molar-refractivity contribution in [1.29, 1.82) is 0 Å². The lowest BCUT2D eigenvalue weighted by atomic mass is 10.2. The fourth-order valence-corrected chi connectivity index (χ4v) is 3.94. The highest BCUT2D eigenvalue weighted by Gasteiger charge is 2.31. The SMILES string of the molecule is CC[NH+](CC)CCCN1C(=O)C(=Cc2ccc(OC)cc2)SC1=S. The number of methoxy groups -OCH3 is 1. The highest BCUT2D eigenvalue weighted by atomic mass is 32.2. The first-order valence-corrected chi connectivity index (χ1v) is 9.54. The number of ether oxygens (including phenoxy) is 1. The molecule has 1 heterocycles. The number of nitrogens with one attached hydrogen (secondary N) is 1. The van der Waals surface area contributed by atoms with E-state index in [2.05, 4.69) is 13.8 Å². The van der Waals surface area contributed by atoms with E-state index in [4.69, 9.17) is 17.0 Å². The third kappa shape index (κ3) is 4.82. The fraction of sp³-hybridized carbons (Fsp3) is 0.444. The van der Waals surface area contributed by atoms with Crippen LogP contribution in [0.15, 0.2) is 29.2 Å². The summed E-state index contributed by atoms with van der Waals surface area (Å²) in [5, 5.41) is 0. The lowest BCUT2D eigenvalue weighted by Crippen LogP contribution is -3.11. The molecule has 0 radical (unpaired) electrons. The maximum atomic E-state index is 12.6. The number of amides is 1. The number of hydrogen-bond donors (Lipinski definition) is 1. The van der Waals surface area contributed by atoms with Gasteiger partial charge >= 0.3 is 0 Å². The van der Waals surface area contributed by atoms with Crippen LogP contribution < -0.4 is 9.64 Å². The lowest BCUT2D eigenvalue weighted by Gasteiger charge is -2.18. The Morgan fingerprint density at radius 1 is 1.25 bits per heavy atom. The predicted molar refractivity (Wildman–Crippen MR) is 104 cm³/mol. The maximum absolute atomic E-state index is 12.6. The van der Waals surface area contributed by atoms with E-state index >= 15 is 0 Å². The van der Waals surface area contributed by atoms with Gasteiger partial charge in [-0.15, -0.1) is 0 Å². The minimum absolute atomic E-state index is 0.0235. The zero-order valence-corrected chi connectivity index (χ0v) is 16.1. The number of carbonyl (C=O) groups is 1. The van der Waals surface area contributed by atoms with Crippen LogP contribution in [-0.2, 0) is 4.79 Å². The van der Waals surface area contributed by atoms with Gasteiger partial charge in [0.15, 0.2) is 0 Å². The standard InChI is InChI=1S/C18H24N2O2S2/c1-4-19(5-2)11-6-12-20-17(21)16(24-18(20)23)13-14-7-9-15(22-3)10-8-14/h7-10,13H,4-6,11-12H2,1-3H3/p+1. The second kappa shape index (κ2) is 9.20. The molecule has 0 bridgehead atoms. The molecule has 0 aliphatic carbocycles. The van der Waals surface area contributed by atoms with Gasteiger partial charge in [-0.2, -0.15) is 0 Å². The van der Waals surface area contributed by atoms with Crippen molar-refractivity contribution >= 4 is 40.3 Å². The normalized spacial score (nSPS) is 16.5. The summed E-state index contributed by atoms with van der Waals surface area (Å²) in [5.41, 5.74) is 0.976. The minimum atomic E-state index is 0.0235. The largest absolute Gasteiger partial charge is 0.497 e. The van der Waals surface area contributed by atoms with Gasteiger partial charge < -0.3 is 9.64 Å². The summed E-state index contributed by atoms with van der Waals surface area (Å²) in [5.74, 6) is 0.828. The van der Waals surface area contributed by atoms with Gasteiger partial charge in [-0.25, -0.2) is 0 Å². The second-order valence-electron chi connectivity index (χ2n) is 5.67. The van der Waals surface area contributed by atoms with Gasteiger partial charge in [0.05, 0.1) is 31.6 Å². The number of rotatable bonds is 8. The van der Waals surface area contributed by atoms with Gasteiger partial charge in [-0.05, 0) is 37.6 Å². The first-order valence-electron chi connectivity index (χ1n) is 8.32. The van der Waals surface area contributed by atoms with Crippen LogP contribution in [0.1, 0.15) is 25.8 Å². The van der Waals surface area contributed by atoms with Gasteiger partial charge in [0, 0.05) is 13.0 Å². The Morgan fingerprint density at radius 2 is 1.92 bits per heavy atom. The zero-order valence-electron chi connectivity index (χ0n) is 14.5. The van der Waals surface area contributed by atoms with Crippen molar-refractivity contribution in [2.75, 3.05) is 33.3 Å². The molecule has 1 aliphatic rings. The monoisotopic (exact) mass is 365 g/mol. The first kappa shape index (κ1) is 19.0. The summed E-state index contributed by atoms with van der Waals surface area (Å²) < 4.78 is 5.81. The molecule has 1 saturated heterocycles. The van der Waals surface area contributed by atoms with Crippen LogP contribution in [0.2, 0.25) is 0 Å². The van der Waals surface area contributed by atoms with E-state index < -0.39 is 0 Å². The van der Waals surface area contributed by atoms with Gasteiger partial charge in [0.2, 0.25) is 0 Å². The molecule has 0 spiro atoms. The van der Waals surface area contributed by atoms with Gasteiger partial charge in [-0.1, -0.05) is 36.1 Å². The molecule has 1 aromatic rings. The highest BCUT2D eigenvalue weighted by Crippen LogP contribution is 2.32. The highest BCUT2D eigenvalue weighted by molar-refractivity contribution is 8.26. The van der Waals surface area contributed by atoms with Crippen LogP contribution in [-0.4, -0.2) is 48.4 Å². The van der Waals surface area contributed by atoms with Crippen molar-refractivity contribution < 1.29 is 14.4 Å². The molecule has 130 valence electrons. The van der Waals surface area contributed by atoms with Gasteiger partial charge in [0.1, 0.15) is 10.1 Å². The van der Waals surface area contributed by atoms with Crippen LogP contribution in [0.25, 0.3) is 6.08 Å². The Morgan fingerprint density at radius 3 is 2.50 bits per heavy atom. The van der Waals surface area contributed by atoms with Gasteiger partial charge in [-0.3, -0.25) is 9.69 Å². The number of quaternary nitrogens is 1. The predicted octanol–water partition coefficient (Wildman–Crippen LogP) is 2.21. The van der Waals surface area contributed by atoms with Crippen molar-refractivity contribution in [3.8, 4) is 5.75 Å². The van der Waals surface area contributed by atoms with E-state index in [1.807, 2.05) is 30.3 Å². The van der Waals surface area contributed by atoms with Crippen molar-refractivity contribution in [3.63, 3.8) is 0 Å². The average molecular weight is 366 g/mol. The number of nitrogens with zero attached hydrogens (tertiary/aromatic N) is 1. The maximum Gasteiger partial charge on any atom is 0.266 e. The molecule has 1 aromatic carbocycles. The zero-order chi connectivity index (χ0) is 17.5. The summed E-state index contributed by atoms with van der Waals surface area (Å²) in [6.07, 6.45) is 2.87. The van der Waals surface area contributed by atoms with E-state index in [1.165, 1.54) is 11.8 Å². The molecule has 6 heteroatoms. The molecule has 1 N–H and O–H groups in total. The van der Waals surface area contributed by atoms with E-state index in [0.29, 0.717) is 15.8 Å². The molecular formula is C18H25N2O2S2+. The molecule has 0 aromatic heterocycles. The summed E-state index contributed by atoms with van der Waals surface area (Å²) in [6, 6.07) is 7.66. The Balaban J connectivity index is 1.98. The number of thioether (sulfide) groups is 1. The summed E-state index contributed by atoms with van der Waals surface area (Å²) in [7, 11) is 1.64. The quantitative estimate of drug-likeness (QED) is 0.566. The Bertz CT molecular complexity index is 610. The Labute approximate surface area is 153 Å². The van der Waals surface area contributed by atoms with Crippen LogP contribution in [0.3, 0.4) is 0 Å². The molecule has 0 atom stereocenters. The van der Waals surface area contributed by atoms with E-state index in [-0.39, 0.29) is 5.91 Å². The first-order chi connectivity index (χ1) is 11.6. The van der Waals surface area contributed by atoms with Crippen molar-refractivity contribution in [1.82, 2.24) is 4.90 Å². The molecule has 1 amide bonds. The number of benzene rings is 1. The van der Waals surface area contributed by atoms with E-state index in [1.54, 1.807) is 16.9 Å². The van der Waals surface area contributed by atoms with Crippen LogP contribution in [0.5, 0.6) is 5.75 Å². The fourth-order valence-electron chi connectivity index (χ4n) is 2.64. The van der Waals surface area contributed by atoms with Crippen LogP contribution in [0, 0.1) is 0 Å². The van der Waals surface area contributed by atoms with Crippen LogP contribution >= 0.6 is 24.0 Å². The van der Waals surface area contributed by atoms with Crippen LogP contribution in [0.4, 0.5) is 0 Å². The molecule has 1 fully saturated rings. The molecule has 24 heavy (non-hydrogen) atoms. The molecule has 0 unspecified atom stereocenters.